The van der Waals surface area contributed by atoms with Gasteiger partial charge < -0.3 is 4.74 Å². The summed E-state index contributed by atoms with van der Waals surface area (Å²) in [5.41, 5.74) is 3.53. The lowest BCUT2D eigenvalue weighted by atomic mass is 9.96. The first-order valence-corrected chi connectivity index (χ1v) is 8.62. The zero-order chi connectivity index (χ0) is 18.6. The normalized spacial score (nSPS) is 10.6. The average molecular weight is 353 g/mol. The van der Waals surface area contributed by atoms with Crippen LogP contribution in [-0.2, 0) is 0 Å². The number of nitrogens with one attached hydrogen (secondary N) is 1. The molecular formula is C23H17N2O2. The monoisotopic (exact) mass is 353 g/mol. The number of ether oxygens (including phenoxy) is 1. The number of nitrogens with zero attached hydrogens (tertiary/aromatic N) is 1. The predicted molar refractivity (Wildman–Crippen MR) is 106 cm³/mol. The molecule has 0 fully saturated rings. The van der Waals surface area contributed by atoms with Crippen LogP contribution in [-0.4, -0.2) is 10.2 Å². The smallest absolute Gasteiger partial charge is 0.267 e. The lowest BCUT2D eigenvalue weighted by Gasteiger charge is -2.15. The minimum Gasteiger partial charge on any atom is -0.457 e. The van der Waals surface area contributed by atoms with Crippen molar-refractivity contribution in [3.8, 4) is 33.9 Å². The lowest BCUT2D eigenvalue weighted by molar-refractivity contribution is 0.484. The Kier molecular flexibility index (Phi) is 4.54. The van der Waals surface area contributed by atoms with E-state index in [1.807, 2.05) is 78.9 Å². The maximum Gasteiger partial charge on any atom is 0.267 e. The lowest BCUT2D eigenvalue weighted by Crippen LogP contribution is -2.14. The van der Waals surface area contributed by atoms with E-state index in [2.05, 4.69) is 16.3 Å². The summed E-state index contributed by atoms with van der Waals surface area (Å²) in [5, 5.41) is 6.95. The van der Waals surface area contributed by atoms with Crippen LogP contribution < -0.4 is 10.3 Å². The van der Waals surface area contributed by atoms with Gasteiger partial charge in [0.2, 0.25) is 0 Å². The molecule has 3 aromatic carbocycles. The van der Waals surface area contributed by atoms with Gasteiger partial charge in [-0.2, -0.15) is 5.10 Å². The van der Waals surface area contributed by atoms with E-state index < -0.39 is 0 Å². The van der Waals surface area contributed by atoms with Gasteiger partial charge in [-0.25, -0.2) is 5.10 Å². The van der Waals surface area contributed by atoms with Gasteiger partial charge in [0.05, 0.1) is 0 Å². The minimum absolute atomic E-state index is 0.209. The van der Waals surface area contributed by atoms with E-state index in [-0.39, 0.29) is 5.56 Å². The van der Waals surface area contributed by atoms with Crippen LogP contribution in [0.1, 0.15) is 5.56 Å². The summed E-state index contributed by atoms with van der Waals surface area (Å²) in [4.78, 5) is 12.2. The van der Waals surface area contributed by atoms with E-state index in [4.69, 9.17) is 4.74 Å². The number of aromatic amines is 1. The van der Waals surface area contributed by atoms with Gasteiger partial charge in [0.25, 0.3) is 5.56 Å². The molecule has 0 aliphatic carbocycles. The molecule has 4 nitrogen and oxygen atoms in total. The second kappa shape index (κ2) is 7.30. The minimum atomic E-state index is -0.209. The van der Waals surface area contributed by atoms with Crippen LogP contribution in [0.5, 0.6) is 11.5 Å². The highest BCUT2D eigenvalue weighted by Crippen LogP contribution is 2.37. The molecule has 0 saturated carbocycles. The molecule has 0 aliphatic rings. The number of hydrogen-bond acceptors (Lipinski definition) is 3. The number of hydrogen-bond donors (Lipinski definition) is 1. The van der Waals surface area contributed by atoms with Gasteiger partial charge in [0, 0.05) is 16.7 Å². The van der Waals surface area contributed by atoms with Gasteiger partial charge in [-0.1, -0.05) is 48.5 Å². The zero-order valence-corrected chi connectivity index (χ0v) is 14.8. The summed E-state index contributed by atoms with van der Waals surface area (Å²) >= 11 is 0. The molecule has 0 bridgehead atoms. The number of benzene rings is 3. The van der Waals surface area contributed by atoms with Crippen LogP contribution in [0, 0.1) is 13.0 Å². The summed E-state index contributed by atoms with van der Waals surface area (Å²) in [6, 6.07) is 27.8. The van der Waals surface area contributed by atoms with Gasteiger partial charge in [0.1, 0.15) is 17.2 Å². The summed E-state index contributed by atoms with van der Waals surface area (Å²) in [6.45, 7) is 1.80. The summed E-state index contributed by atoms with van der Waals surface area (Å²) in [6.07, 6.45) is 0. The fraction of sp³-hybridized carbons (Fsp3) is 0.0435. The van der Waals surface area contributed by atoms with Crippen molar-refractivity contribution in [2.75, 3.05) is 0 Å². The molecule has 1 radical (unpaired) electrons. The van der Waals surface area contributed by atoms with Crippen LogP contribution in [0.15, 0.2) is 83.7 Å². The standard InChI is InChI=1S/C23H17N2O2/c1-16-21(17-10-4-2-5-11-17)22(24-25-23(16)26)19-14-8-9-15-20(19)27-18-12-6-3-7-13-18/h2-4,6-15H,1H3,(H,25,26). The van der Waals surface area contributed by atoms with Crippen molar-refractivity contribution < 1.29 is 4.74 Å². The molecular weight excluding hydrogens is 336 g/mol. The zero-order valence-electron chi connectivity index (χ0n) is 14.8. The first-order chi connectivity index (χ1) is 13.2. The Labute approximate surface area is 157 Å². The van der Waals surface area contributed by atoms with Gasteiger partial charge in [-0.3, -0.25) is 4.79 Å². The largest absolute Gasteiger partial charge is 0.457 e. The van der Waals surface area contributed by atoms with E-state index >= 15 is 0 Å². The van der Waals surface area contributed by atoms with Gasteiger partial charge >= 0.3 is 0 Å². The van der Waals surface area contributed by atoms with Crippen molar-refractivity contribution in [1.29, 1.82) is 0 Å². The fourth-order valence-corrected chi connectivity index (χ4v) is 3.00. The van der Waals surface area contributed by atoms with Gasteiger partial charge in [0.15, 0.2) is 0 Å². The van der Waals surface area contributed by atoms with E-state index in [0.29, 0.717) is 17.0 Å². The van der Waals surface area contributed by atoms with Gasteiger partial charge in [-0.05, 0) is 48.9 Å². The summed E-state index contributed by atoms with van der Waals surface area (Å²) < 4.78 is 6.09. The molecule has 1 N–H and O–H groups in total. The van der Waals surface area contributed by atoms with Crippen LogP contribution in [0.2, 0.25) is 0 Å². The molecule has 4 aromatic rings. The highest BCUT2D eigenvalue weighted by molar-refractivity contribution is 5.85. The molecule has 4 heteroatoms. The Morgan fingerprint density at radius 3 is 2.52 bits per heavy atom. The molecule has 131 valence electrons. The van der Waals surface area contributed by atoms with Crippen molar-refractivity contribution in [3.05, 3.63) is 101 Å². The quantitative estimate of drug-likeness (QED) is 0.561. The molecule has 1 aromatic heterocycles. The van der Waals surface area contributed by atoms with Crippen LogP contribution in [0.25, 0.3) is 22.4 Å². The van der Waals surface area contributed by atoms with Crippen molar-refractivity contribution in [3.63, 3.8) is 0 Å². The molecule has 0 unspecified atom stereocenters. The maximum atomic E-state index is 12.2. The molecule has 0 amide bonds. The molecule has 0 spiro atoms. The van der Waals surface area contributed by atoms with Crippen molar-refractivity contribution in [2.24, 2.45) is 0 Å². The Morgan fingerprint density at radius 2 is 1.74 bits per heavy atom. The van der Waals surface area contributed by atoms with Crippen molar-refractivity contribution in [2.45, 2.75) is 6.92 Å². The van der Waals surface area contributed by atoms with E-state index in [0.717, 1.165) is 22.4 Å². The molecule has 27 heavy (non-hydrogen) atoms. The second-order valence-corrected chi connectivity index (χ2v) is 6.10. The average Bonchev–Trinajstić information content (AvgIpc) is 2.72. The third-order valence-electron chi connectivity index (χ3n) is 4.33. The summed E-state index contributed by atoms with van der Waals surface area (Å²) in [7, 11) is 0. The van der Waals surface area contributed by atoms with E-state index in [1.165, 1.54) is 0 Å². The number of rotatable bonds is 4. The molecule has 0 saturated heterocycles. The molecule has 0 atom stereocenters. The first kappa shape index (κ1) is 16.8. The fourth-order valence-electron chi connectivity index (χ4n) is 3.00. The Bertz CT molecular complexity index is 1120. The van der Waals surface area contributed by atoms with Crippen molar-refractivity contribution >= 4 is 0 Å². The van der Waals surface area contributed by atoms with E-state index in [1.54, 1.807) is 6.92 Å². The summed E-state index contributed by atoms with van der Waals surface area (Å²) in [5.74, 6) is 1.41. The predicted octanol–water partition coefficient (Wildman–Crippen LogP) is 5.00. The molecule has 4 rings (SSSR count). The number of aromatic nitrogens is 2. The van der Waals surface area contributed by atoms with Crippen molar-refractivity contribution in [1.82, 2.24) is 10.2 Å². The van der Waals surface area contributed by atoms with Gasteiger partial charge in [-0.15, -0.1) is 0 Å². The Morgan fingerprint density at radius 1 is 0.963 bits per heavy atom. The maximum absolute atomic E-state index is 12.2. The Hall–Kier alpha value is -3.66. The first-order valence-electron chi connectivity index (χ1n) is 8.62. The van der Waals surface area contributed by atoms with Crippen LogP contribution >= 0.6 is 0 Å². The highest BCUT2D eigenvalue weighted by atomic mass is 16.5. The van der Waals surface area contributed by atoms with Crippen LogP contribution in [0.4, 0.5) is 0 Å². The topological polar surface area (TPSA) is 55.0 Å². The number of para-hydroxylation sites is 2. The van der Waals surface area contributed by atoms with Crippen LogP contribution in [0.3, 0.4) is 0 Å². The number of H-pyrrole nitrogens is 1. The van der Waals surface area contributed by atoms with E-state index in [9.17, 15) is 4.79 Å². The second-order valence-electron chi connectivity index (χ2n) is 6.10. The molecule has 1 heterocycles. The molecule has 0 aliphatic heterocycles. The third-order valence-corrected chi connectivity index (χ3v) is 4.33. The highest BCUT2D eigenvalue weighted by Gasteiger charge is 2.18. The SMILES string of the molecule is Cc1c(-c2c[c]ccc2)c(-c2ccccc2Oc2ccccc2)n[nH]c1=O. The Balaban J connectivity index is 1.91. The third kappa shape index (κ3) is 3.37.